The number of rotatable bonds is 7. The maximum absolute atomic E-state index is 12.0. The lowest BCUT2D eigenvalue weighted by molar-refractivity contribution is 0.0827. The summed E-state index contributed by atoms with van der Waals surface area (Å²) in [6.07, 6.45) is 0. The van der Waals surface area contributed by atoms with Crippen LogP contribution in [0.4, 0.5) is 5.95 Å². The van der Waals surface area contributed by atoms with Crippen LogP contribution in [0.15, 0.2) is 29.4 Å². The molecule has 1 aliphatic rings. The maximum Gasteiger partial charge on any atom is 0.253 e. The van der Waals surface area contributed by atoms with Crippen molar-refractivity contribution in [2.45, 2.75) is 31.3 Å². The summed E-state index contributed by atoms with van der Waals surface area (Å²) in [5.74, 6) is 2.25. The van der Waals surface area contributed by atoms with Crippen LogP contribution in [0.3, 0.4) is 0 Å². The Morgan fingerprint density at radius 1 is 1.18 bits per heavy atom. The summed E-state index contributed by atoms with van der Waals surface area (Å²) in [7, 11) is 3.53. The van der Waals surface area contributed by atoms with Crippen LogP contribution in [0.2, 0.25) is 0 Å². The first-order chi connectivity index (χ1) is 13.5. The van der Waals surface area contributed by atoms with Crippen molar-refractivity contribution in [3.8, 4) is 0 Å². The number of nitrogens with zero attached hydrogens (tertiary/aromatic N) is 5. The second-order valence-electron chi connectivity index (χ2n) is 7.57. The summed E-state index contributed by atoms with van der Waals surface area (Å²) in [6.45, 7) is 8.46. The Morgan fingerprint density at radius 3 is 2.46 bits per heavy atom. The van der Waals surface area contributed by atoms with Crippen LogP contribution in [0.25, 0.3) is 0 Å². The second-order valence-corrected chi connectivity index (χ2v) is 8.51. The summed E-state index contributed by atoms with van der Waals surface area (Å²) in [5, 5.41) is 9.87. The summed E-state index contributed by atoms with van der Waals surface area (Å²) in [4.78, 5) is 15.9. The number of hydrogen-bond donors (Lipinski definition) is 0. The highest BCUT2D eigenvalue weighted by atomic mass is 32.2. The van der Waals surface area contributed by atoms with Gasteiger partial charge in [0.25, 0.3) is 5.91 Å². The quantitative estimate of drug-likeness (QED) is 0.663. The fourth-order valence-electron chi connectivity index (χ4n) is 3.06. The summed E-state index contributed by atoms with van der Waals surface area (Å²) < 4.78 is 7.69. The lowest BCUT2D eigenvalue weighted by Gasteiger charge is -2.28. The Kier molecular flexibility index (Phi) is 6.96. The molecule has 0 atom stereocenters. The lowest BCUT2D eigenvalue weighted by Crippen LogP contribution is -2.38. The van der Waals surface area contributed by atoms with Crippen LogP contribution < -0.4 is 4.90 Å². The van der Waals surface area contributed by atoms with E-state index in [9.17, 15) is 4.79 Å². The van der Waals surface area contributed by atoms with Crippen LogP contribution in [0.1, 0.15) is 29.8 Å². The average Bonchev–Trinajstić information content (AvgIpc) is 3.08. The molecule has 1 fully saturated rings. The largest absolute Gasteiger partial charge is 0.378 e. The molecule has 1 aromatic heterocycles. The molecule has 2 aromatic rings. The molecule has 2 heterocycles. The summed E-state index contributed by atoms with van der Waals surface area (Å²) >= 11 is 1.68. The number of carbonyl (C=O) groups excluding carboxylic acids is 1. The molecule has 0 saturated carbocycles. The molecule has 152 valence electrons. The maximum atomic E-state index is 12.0. The van der Waals surface area contributed by atoms with Gasteiger partial charge < -0.3 is 14.5 Å². The van der Waals surface area contributed by atoms with Crippen molar-refractivity contribution < 1.29 is 9.53 Å². The number of hydrogen-bond acceptors (Lipinski definition) is 6. The number of thioether (sulfide) groups is 1. The third-order valence-corrected chi connectivity index (χ3v) is 5.55. The minimum atomic E-state index is 0.0195. The molecular formula is C20H29N5O2S. The third kappa shape index (κ3) is 5.05. The zero-order valence-corrected chi connectivity index (χ0v) is 17.9. The van der Waals surface area contributed by atoms with Gasteiger partial charge in [0.05, 0.1) is 13.2 Å². The third-order valence-electron chi connectivity index (χ3n) is 4.51. The molecule has 8 heteroatoms. The zero-order chi connectivity index (χ0) is 20.1. The number of anilines is 1. The van der Waals surface area contributed by atoms with E-state index < -0.39 is 0 Å². The van der Waals surface area contributed by atoms with E-state index in [1.54, 1.807) is 30.8 Å². The van der Waals surface area contributed by atoms with Gasteiger partial charge in [-0.25, -0.2) is 0 Å². The van der Waals surface area contributed by atoms with Gasteiger partial charge in [-0.1, -0.05) is 37.7 Å². The zero-order valence-electron chi connectivity index (χ0n) is 17.1. The number of benzene rings is 1. The molecule has 7 nitrogen and oxygen atoms in total. The van der Waals surface area contributed by atoms with E-state index in [-0.39, 0.29) is 5.91 Å². The first-order valence-corrected chi connectivity index (χ1v) is 10.6. The van der Waals surface area contributed by atoms with Crippen molar-refractivity contribution in [2.75, 3.05) is 45.3 Å². The van der Waals surface area contributed by atoms with Crippen molar-refractivity contribution >= 4 is 23.6 Å². The molecule has 0 aliphatic carbocycles. The van der Waals surface area contributed by atoms with Gasteiger partial charge in [-0.05, 0) is 23.6 Å². The van der Waals surface area contributed by atoms with Gasteiger partial charge in [-0.2, -0.15) is 0 Å². The van der Waals surface area contributed by atoms with Crippen molar-refractivity contribution in [3.05, 3.63) is 35.4 Å². The molecule has 0 bridgehead atoms. The van der Waals surface area contributed by atoms with E-state index >= 15 is 0 Å². The normalized spacial score (nSPS) is 14.5. The van der Waals surface area contributed by atoms with Crippen LogP contribution >= 0.6 is 11.8 Å². The minimum absolute atomic E-state index is 0.0195. The molecular weight excluding hydrogens is 374 g/mol. The van der Waals surface area contributed by atoms with Crippen LogP contribution in [0, 0.1) is 5.92 Å². The van der Waals surface area contributed by atoms with E-state index in [1.165, 1.54) is 0 Å². The average molecular weight is 404 g/mol. The fraction of sp³-hybridized carbons (Fsp3) is 0.550. The molecule has 28 heavy (non-hydrogen) atoms. The molecule has 1 saturated heterocycles. The van der Waals surface area contributed by atoms with Crippen molar-refractivity contribution in [2.24, 2.45) is 5.92 Å². The summed E-state index contributed by atoms with van der Waals surface area (Å²) in [6, 6.07) is 7.79. The monoisotopic (exact) mass is 403 g/mol. The van der Waals surface area contributed by atoms with E-state index in [2.05, 4.69) is 33.5 Å². The molecule has 1 amide bonds. The van der Waals surface area contributed by atoms with Gasteiger partial charge in [0.15, 0.2) is 5.16 Å². The predicted molar refractivity (Wildman–Crippen MR) is 112 cm³/mol. The van der Waals surface area contributed by atoms with Crippen LogP contribution in [0.5, 0.6) is 0 Å². The van der Waals surface area contributed by atoms with Crippen LogP contribution in [-0.4, -0.2) is 66.0 Å². The Balaban J connectivity index is 1.71. The molecule has 0 radical (unpaired) electrons. The van der Waals surface area contributed by atoms with E-state index in [4.69, 9.17) is 4.74 Å². The van der Waals surface area contributed by atoms with Crippen LogP contribution in [-0.2, 0) is 17.0 Å². The Hall–Kier alpha value is -2.06. The van der Waals surface area contributed by atoms with E-state index in [1.807, 2.05) is 24.3 Å². The molecule has 0 unspecified atom stereocenters. The van der Waals surface area contributed by atoms with Gasteiger partial charge in [-0.15, -0.1) is 10.2 Å². The predicted octanol–water partition coefficient (Wildman–Crippen LogP) is 2.76. The first kappa shape index (κ1) is 20.7. The molecule has 3 rings (SSSR count). The highest BCUT2D eigenvalue weighted by Crippen LogP contribution is 2.27. The molecule has 0 N–H and O–H groups in total. The standard InChI is InChI=1S/C20H29N5O2S/c1-15(2)13-25-19(24-9-11-27-12-10-24)21-22-20(25)28-14-16-5-7-17(8-6-16)18(26)23(3)4/h5-8,15H,9-14H2,1-4H3. The van der Waals surface area contributed by atoms with Gasteiger partial charge in [-0.3, -0.25) is 9.36 Å². The van der Waals surface area contributed by atoms with Crippen molar-refractivity contribution in [1.82, 2.24) is 19.7 Å². The number of aromatic nitrogens is 3. The minimum Gasteiger partial charge on any atom is -0.378 e. The Morgan fingerprint density at radius 2 is 1.86 bits per heavy atom. The van der Waals surface area contributed by atoms with Gasteiger partial charge in [0.2, 0.25) is 5.95 Å². The highest BCUT2D eigenvalue weighted by Gasteiger charge is 2.21. The SMILES string of the molecule is CC(C)Cn1c(SCc2ccc(C(=O)N(C)C)cc2)nnc1N1CCOCC1. The smallest absolute Gasteiger partial charge is 0.253 e. The van der Waals surface area contributed by atoms with Crippen molar-refractivity contribution in [3.63, 3.8) is 0 Å². The van der Waals surface area contributed by atoms with E-state index in [0.717, 1.165) is 55.3 Å². The number of morpholine rings is 1. The number of carbonyl (C=O) groups is 1. The number of amides is 1. The topological polar surface area (TPSA) is 63.5 Å². The molecule has 0 spiro atoms. The molecule has 1 aliphatic heterocycles. The van der Waals surface area contributed by atoms with Gasteiger partial charge >= 0.3 is 0 Å². The Labute approximate surface area is 171 Å². The second kappa shape index (κ2) is 9.43. The highest BCUT2D eigenvalue weighted by molar-refractivity contribution is 7.98. The fourth-order valence-corrected chi connectivity index (χ4v) is 3.96. The van der Waals surface area contributed by atoms with Gasteiger partial charge in [0.1, 0.15) is 0 Å². The molecule has 1 aromatic carbocycles. The number of ether oxygens (including phenoxy) is 1. The summed E-state index contributed by atoms with van der Waals surface area (Å²) in [5.41, 5.74) is 1.86. The van der Waals surface area contributed by atoms with Crippen molar-refractivity contribution in [1.29, 1.82) is 0 Å². The Bertz CT molecular complexity index is 782. The lowest BCUT2D eigenvalue weighted by atomic mass is 10.1. The van der Waals surface area contributed by atoms with E-state index in [0.29, 0.717) is 11.5 Å². The first-order valence-electron chi connectivity index (χ1n) is 9.65. The van der Waals surface area contributed by atoms with Gasteiger partial charge in [0, 0.05) is 45.0 Å².